The second-order valence-electron chi connectivity index (χ2n) is 1.04. The summed E-state index contributed by atoms with van der Waals surface area (Å²) in [6.45, 7) is 0. The third-order valence-corrected chi connectivity index (χ3v) is 0.548. The molecule has 0 saturated heterocycles. The average molecular weight is 132 g/mol. The van der Waals surface area contributed by atoms with Gasteiger partial charge in [-0.25, -0.2) is 0 Å². The van der Waals surface area contributed by atoms with Crippen molar-refractivity contribution in [2.24, 2.45) is 10.2 Å². The summed E-state index contributed by atoms with van der Waals surface area (Å²) < 4.78 is 0. The molecule has 8 heavy (non-hydrogen) atoms. The molecule has 0 radical (unpaired) electrons. The molecule has 1 heterocycles. The van der Waals surface area contributed by atoms with Crippen LogP contribution in [0.2, 0.25) is 0 Å². The maximum Gasteiger partial charge on any atom is 0.0489 e. The van der Waals surface area contributed by atoms with E-state index in [9.17, 15) is 0 Å². The first-order valence-corrected chi connectivity index (χ1v) is 1.96. The summed E-state index contributed by atoms with van der Waals surface area (Å²) >= 11 is 0. The Hall–Kier alpha value is -0.830. The van der Waals surface area contributed by atoms with Gasteiger partial charge < -0.3 is 0 Å². The minimum atomic E-state index is 0. The molecule has 1 aliphatic heterocycles. The van der Waals surface area contributed by atoms with Crippen LogP contribution >= 0.6 is 12.4 Å². The number of allylic oxidation sites excluding steroid dienone is 2. The molecule has 0 fully saturated rings. The van der Waals surface area contributed by atoms with Gasteiger partial charge in [0.25, 0.3) is 0 Å². The van der Waals surface area contributed by atoms with Gasteiger partial charge in [-0.2, -0.15) is 15.7 Å². The number of hydrogen-bond donors (Lipinski definition) is 1. The lowest BCUT2D eigenvalue weighted by atomic mass is 10.5. The molecule has 0 aromatic rings. The summed E-state index contributed by atoms with van der Waals surface area (Å²) in [6.07, 6.45) is 6.85. The maximum absolute atomic E-state index is 3.61. The first kappa shape index (κ1) is 7.17. The van der Waals surface area contributed by atoms with Crippen LogP contribution in [0.15, 0.2) is 22.4 Å². The van der Waals surface area contributed by atoms with Crippen LogP contribution in [0.5, 0.6) is 0 Å². The molecular weight excluding hydrogens is 126 g/mol. The van der Waals surface area contributed by atoms with Crippen molar-refractivity contribution in [2.45, 2.75) is 0 Å². The molecule has 1 N–H and O–H groups in total. The zero-order valence-electron chi connectivity index (χ0n) is 4.11. The molecule has 0 unspecified atom stereocenters. The molecule has 0 aliphatic carbocycles. The highest BCUT2D eigenvalue weighted by atomic mass is 35.5. The number of halogens is 1. The fraction of sp³-hybridized carbons (Fsp3) is 0. The monoisotopic (exact) mass is 131 g/mol. The first-order chi connectivity index (χ1) is 3.50. The van der Waals surface area contributed by atoms with Crippen molar-refractivity contribution in [1.29, 1.82) is 0 Å². The van der Waals surface area contributed by atoms with E-state index in [0.29, 0.717) is 0 Å². The van der Waals surface area contributed by atoms with Gasteiger partial charge in [0.1, 0.15) is 0 Å². The molecule has 0 aromatic carbocycles. The van der Waals surface area contributed by atoms with Crippen molar-refractivity contribution in [3.8, 4) is 0 Å². The summed E-state index contributed by atoms with van der Waals surface area (Å²) in [7, 11) is 0. The number of nitrogens with one attached hydrogen (secondary N) is 1. The molecule has 0 saturated carbocycles. The molecule has 1 rings (SSSR count). The lowest BCUT2D eigenvalue weighted by Gasteiger charge is -1.78. The minimum Gasteiger partial charge on any atom is -0.198 e. The number of rotatable bonds is 0. The Bertz CT molecular complexity index is 113. The minimum absolute atomic E-state index is 0. The highest BCUT2D eigenvalue weighted by molar-refractivity contribution is 5.85. The average Bonchev–Trinajstić information content (AvgIpc) is 1.90. The molecule has 0 atom stereocenters. The smallest absolute Gasteiger partial charge is 0.0489 e. The largest absolute Gasteiger partial charge is 0.198 e. The molecule has 0 amide bonds. The Morgan fingerprint density at radius 2 is 1.50 bits per heavy atom. The molecule has 4 heteroatoms. The second kappa shape index (κ2) is 4.33. The van der Waals surface area contributed by atoms with E-state index in [1.54, 1.807) is 24.6 Å². The van der Waals surface area contributed by atoms with E-state index in [-0.39, 0.29) is 12.4 Å². The summed E-state index contributed by atoms with van der Waals surface area (Å²) in [6, 6.07) is 0. The highest BCUT2D eigenvalue weighted by Crippen LogP contribution is 1.69. The van der Waals surface area contributed by atoms with Gasteiger partial charge in [0.2, 0.25) is 0 Å². The van der Waals surface area contributed by atoms with Gasteiger partial charge in [-0.1, -0.05) is 0 Å². The molecule has 1 aliphatic rings. The van der Waals surface area contributed by atoms with E-state index in [1.165, 1.54) is 0 Å². The SMILES string of the molecule is C1=CC=NNN=C1.Cl. The zero-order valence-corrected chi connectivity index (χ0v) is 4.93. The van der Waals surface area contributed by atoms with E-state index in [2.05, 4.69) is 15.7 Å². The van der Waals surface area contributed by atoms with Crippen molar-refractivity contribution in [3.63, 3.8) is 0 Å². The molecule has 44 valence electrons. The van der Waals surface area contributed by atoms with Crippen molar-refractivity contribution in [1.82, 2.24) is 5.53 Å². The predicted molar refractivity (Wildman–Crippen MR) is 36.5 cm³/mol. The Morgan fingerprint density at radius 1 is 1.00 bits per heavy atom. The van der Waals surface area contributed by atoms with Gasteiger partial charge in [-0.05, 0) is 12.2 Å². The van der Waals surface area contributed by atoms with Crippen LogP contribution in [-0.4, -0.2) is 12.4 Å². The molecule has 0 spiro atoms. The standard InChI is InChI=1S/C4H5N3.ClH/c1-2-4-6-7-5-3-1;/h1-4,7H;1H. The van der Waals surface area contributed by atoms with Crippen molar-refractivity contribution in [2.75, 3.05) is 0 Å². The van der Waals surface area contributed by atoms with Gasteiger partial charge >= 0.3 is 0 Å². The van der Waals surface area contributed by atoms with E-state index in [1.807, 2.05) is 0 Å². The van der Waals surface area contributed by atoms with Gasteiger partial charge in [-0.15, -0.1) is 12.4 Å². The normalized spacial score (nSPS) is 14.0. The zero-order chi connectivity index (χ0) is 4.95. The molecule has 0 aromatic heterocycles. The quantitative estimate of drug-likeness (QED) is 0.512. The van der Waals surface area contributed by atoms with Crippen LogP contribution in [0.1, 0.15) is 0 Å². The van der Waals surface area contributed by atoms with Crippen molar-refractivity contribution >= 4 is 24.8 Å². The second-order valence-corrected chi connectivity index (χ2v) is 1.04. The van der Waals surface area contributed by atoms with E-state index >= 15 is 0 Å². The Balaban J connectivity index is 0.000000490. The van der Waals surface area contributed by atoms with Crippen LogP contribution in [0.25, 0.3) is 0 Å². The van der Waals surface area contributed by atoms with Gasteiger partial charge in [0.15, 0.2) is 0 Å². The lowest BCUT2D eigenvalue weighted by molar-refractivity contribution is 0.821. The van der Waals surface area contributed by atoms with Gasteiger partial charge in [0.05, 0.1) is 0 Å². The van der Waals surface area contributed by atoms with E-state index < -0.39 is 0 Å². The van der Waals surface area contributed by atoms with Crippen molar-refractivity contribution in [3.05, 3.63) is 12.2 Å². The third kappa shape index (κ3) is 2.36. The van der Waals surface area contributed by atoms with Crippen LogP contribution in [0.3, 0.4) is 0 Å². The van der Waals surface area contributed by atoms with E-state index in [4.69, 9.17) is 0 Å². The first-order valence-electron chi connectivity index (χ1n) is 1.96. The lowest BCUT2D eigenvalue weighted by Crippen LogP contribution is -1.90. The summed E-state index contributed by atoms with van der Waals surface area (Å²) in [5.74, 6) is 0. The molecule has 0 bridgehead atoms. The number of nitrogens with zero attached hydrogens (tertiary/aromatic N) is 2. The van der Waals surface area contributed by atoms with Crippen LogP contribution in [-0.2, 0) is 0 Å². The van der Waals surface area contributed by atoms with Crippen LogP contribution in [0.4, 0.5) is 0 Å². The van der Waals surface area contributed by atoms with Gasteiger partial charge in [0, 0.05) is 12.4 Å². The van der Waals surface area contributed by atoms with Gasteiger partial charge in [-0.3, -0.25) is 0 Å². The van der Waals surface area contributed by atoms with Crippen molar-refractivity contribution < 1.29 is 0 Å². The van der Waals surface area contributed by atoms with Crippen LogP contribution < -0.4 is 5.53 Å². The topological polar surface area (TPSA) is 36.8 Å². The molecule has 3 nitrogen and oxygen atoms in total. The number of hydrogen-bond acceptors (Lipinski definition) is 3. The number of hydrazone groups is 2. The third-order valence-electron chi connectivity index (χ3n) is 0.548. The Labute approximate surface area is 53.6 Å². The Morgan fingerprint density at radius 3 is 2.00 bits per heavy atom. The summed E-state index contributed by atoms with van der Waals surface area (Å²) in [5, 5.41) is 7.22. The summed E-state index contributed by atoms with van der Waals surface area (Å²) in [4.78, 5) is 0. The Kier molecular flexibility index (Phi) is 3.88. The highest BCUT2D eigenvalue weighted by Gasteiger charge is 1.68. The fourth-order valence-corrected chi connectivity index (χ4v) is 0.285. The van der Waals surface area contributed by atoms with Crippen LogP contribution in [0, 0.1) is 0 Å². The maximum atomic E-state index is 3.61. The summed E-state index contributed by atoms with van der Waals surface area (Å²) in [5.41, 5.74) is 2.42. The predicted octanol–water partition coefficient (Wildman–Crippen LogP) is 0.539. The molecular formula is C4H6ClN3. The van der Waals surface area contributed by atoms with E-state index in [0.717, 1.165) is 0 Å². The fourth-order valence-electron chi connectivity index (χ4n) is 0.285.